The first-order valence-electron chi connectivity index (χ1n) is 7.00. The molecule has 1 unspecified atom stereocenters. The normalized spacial score (nSPS) is 15.7. The largest absolute Gasteiger partial charge is 0.548 e. The summed E-state index contributed by atoms with van der Waals surface area (Å²) in [6.45, 7) is 1.72. The monoisotopic (exact) mass is 355 g/mol. The molecule has 0 amide bonds. The molecule has 1 aliphatic heterocycles. The molecule has 2 aromatic rings. The number of carbonyl (C=O) groups is 1. The molecule has 0 saturated carbocycles. The molecule has 1 saturated heterocycles. The molecule has 3 rings (SSSR count). The van der Waals surface area contributed by atoms with Gasteiger partial charge in [-0.15, -0.1) is 3.96 Å². The third kappa shape index (κ3) is 3.45. The van der Waals surface area contributed by atoms with Gasteiger partial charge in [0, 0.05) is 28.0 Å². The zero-order valence-corrected chi connectivity index (χ0v) is 13.7. The minimum atomic E-state index is -1.88. The maximum Gasteiger partial charge on any atom is 0.341 e. The van der Waals surface area contributed by atoms with Gasteiger partial charge in [-0.1, -0.05) is 11.6 Å². The van der Waals surface area contributed by atoms with Gasteiger partial charge in [-0.2, -0.15) is 0 Å². The van der Waals surface area contributed by atoms with Crippen LogP contribution in [0.4, 0.5) is 5.82 Å². The summed E-state index contributed by atoms with van der Waals surface area (Å²) in [7, 11) is 0. The summed E-state index contributed by atoms with van der Waals surface area (Å²) in [4.78, 5) is 26.3. The Labute approximate surface area is 140 Å². The molecule has 2 heterocycles. The van der Waals surface area contributed by atoms with Gasteiger partial charge in [0.15, 0.2) is 16.9 Å². The van der Waals surface area contributed by atoms with Crippen LogP contribution in [0.25, 0.3) is 0 Å². The van der Waals surface area contributed by atoms with E-state index < -0.39 is 16.7 Å². The minimum Gasteiger partial charge on any atom is -0.548 e. The standard InChI is InChI=1S/C14H14ClN3O4S/c15-11-3-1-10(2-4-11)12(19)9-18-14(20)13(16-23(18)21)17-5-7-22-8-6-17/h1-4H,5-9H2. The number of anilines is 1. The summed E-state index contributed by atoms with van der Waals surface area (Å²) in [5.74, 6) is -0.183. The summed E-state index contributed by atoms with van der Waals surface area (Å²) in [5.41, 5.74) is -0.0911. The van der Waals surface area contributed by atoms with Crippen LogP contribution in [0, 0.1) is 0 Å². The Balaban J connectivity index is 1.82. The van der Waals surface area contributed by atoms with Gasteiger partial charge in [-0.3, -0.25) is 9.59 Å². The van der Waals surface area contributed by atoms with Crippen LogP contribution in [0.3, 0.4) is 0 Å². The fourth-order valence-corrected chi connectivity index (χ4v) is 3.31. The van der Waals surface area contributed by atoms with Crippen molar-refractivity contribution in [2.24, 2.45) is 0 Å². The smallest absolute Gasteiger partial charge is 0.341 e. The van der Waals surface area contributed by atoms with E-state index in [1.54, 1.807) is 29.2 Å². The van der Waals surface area contributed by atoms with Crippen LogP contribution in [-0.2, 0) is 11.3 Å². The highest BCUT2D eigenvalue weighted by Gasteiger charge is 2.26. The van der Waals surface area contributed by atoms with E-state index in [4.69, 9.17) is 16.3 Å². The second-order valence-electron chi connectivity index (χ2n) is 5.02. The molecule has 1 atom stereocenters. The summed E-state index contributed by atoms with van der Waals surface area (Å²) in [6, 6.07) is 6.32. The van der Waals surface area contributed by atoms with Gasteiger partial charge in [-0.25, -0.2) is 0 Å². The molecule has 7 nitrogen and oxygen atoms in total. The van der Waals surface area contributed by atoms with Crippen LogP contribution in [0.15, 0.2) is 29.1 Å². The van der Waals surface area contributed by atoms with Gasteiger partial charge in [-0.05, 0) is 24.3 Å². The fraction of sp³-hybridized carbons (Fsp3) is 0.357. The highest BCUT2D eigenvalue weighted by atomic mass is 35.5. The molecule has 1 aliphatic rings. The third-order valence-corrected chi connectivity index (χ3v) is 4.79. The average molecular weight is 356 g/mol. The number of aromatic nitrogens is 2. The molecule has 122 valence electrons. The number of rotatable bonds is 4. The number of Topliss-reactive ketones (excluding diaryl/α,β-unsaturated/α-hetero) is 1. The van der Waals surface area contributed by atoms with Crippen molar-refractivity contribution in [2.45, 2.75) is 6.54 Å². The second-order valence-corrected chi connectivity index (χ2v) is 6.54. The average Bonchev–Trinajstić information content (AvgIpc) is 2.84. The van der Waals surface area contributed by atoms with Crippen molar-refractivity contribution in [3.8, 4) is 0 Å². The maximum absolute atomic E-state index is 12.4. The lowest BCUT2D eigenvalue weighted by Crippen LogP contribution is -2.39. The van der Waals surface area contributed by atoms with E-state index in [2.05, 4.69) is 4.37 Å². The van der Waals surface area contributed by atoms with Crippen molar-refractivity contribution < 1.29 is 14.1 Å². The topological polar surface area (TPSA) is 87.5 Å². The lowest BCUT2D eigenvalue weighted by molar-refractivity contribution is 0.0973. The van der Waals surface area contributed by atoms with Crippen LogP contribution < -0.4 is 10.5 Å². The van der Waals surface area contributed by atoms with E-state index in [-0.39, 0.29) is 18.1 Å². The van der Waals surface area contributed by atoms with Gasteiger partial charge in [0.05, 0.1) is 13.2 Å². The molecule has 23 heavy (non-hydrogen) atoms. The van der Waals surface area contributed by atoms with Crippen LogP contribution in [0.2, 0.25) is 5.02 Å². The summed E-state index contributed by atoms with van der Waals surface area (Å²) in [6.07, 6.45) is 0. The first-order valence-corrected chi connectivity index (χ1v) is 8.44. The number of ether oxygens (including phenoxy) is 1. The van der Waals surface area contributed by atoms with Gasteiger partial charge >= 0.3 is 5.56 Å². The molecular weight excluding hydrogens is 342 g/mol. The van der Waals surface area contributed by atoms with Crippen LogP contribution in [-0.4, -0.2) is 45.0 Å². The third-order valence-electron chi connectivity index (χ3n) is 3.53. The Morgan fingerprint density at radius 2 is 1.96 bits per heavy atom. The molecule has 9 heteroatoms. The van der Waals surface area contributed by atoms with Crippen molar-refractivity contribution in [1.29, 1.82) is 0 Å². The zero-order valence-electron chi connectivity index (χ0n) is 12.1. The number of benzene rings is 1. The van der Waals surface area contributed by atoms with Crippen LogP contribution in [0.5, 0.6) is 0 Å². The Morgan fingerprint density at radius 1 is 1.30 bits per heavy atom. The zero-order chi connectivity index (χ0) is 16.4. The van der Waals surface area contributed by atoms with Crippen LogP contribution >= 0.6 is 22.7 Å². The summed E-state index contributed by atoms with van der Waals surface area (Å²) < 4.78 is 22.1. The predicted molar refractivity (Wildman–Crippen MR) is 86.0 cm³/mol. The van der Waals surface area contributed by atoms with Gasteiger partial charge in [0.2, 0.25) is 0 Å². The number of hydrogen-bond donors (Lipinski definition) is 0. The SMILES string of the molecule is O=C(Cn1c(=O)c(N2CCOCC2)n[s+]1[O-])c1ccc(Cl)cc1. The number of morpholine rings is 1. The van der Waals surface area contributed by atoms with E-state index in [0.29, 0.717) is 36.9 Å². The summed E-state index contributed by atoms with van der Waals surface area (Å²) in [5, 5.41) is 0.514. The number of ketones is 1. The Kier molecular flexibility index (Phi) is 4.76. The number of hydrogen-bond acceptors (Lipinski definition) is 6. The van der Waals surface area contributed by atoms with Crippen molar-refractivity contribution >= 4 is 34.3 Å². The molecule has 1 fully saturated rings. The Morgan fingerprint density at radius 3 is 2.61 bits per heavy atom. The van der Waals surface area contributed by atoms with E-state index in [0.717, 1.165) is 3.96 Å². The van der Waals surface area contributed by atoms with Crippen LogP contribution in [0.1, 0.15) is 10.4 Å². The lowest BCUT2D eigenvalue weighted by Gasteiger charge is -2.24. The van der Waals surface area contributed by atoms with Crippen molar-refractivity contribution in [1.82, 2.24) is 8.33 Å². The summed E-state index contributed by atoms with van der Waals surface area (Å²) >= 11 is 3.90. The number of nitrogens with zero attached hydrogens (tertiary/aromatic N) is 3. The molecule has 0 N–H and O–H groups in total. The van der Waals surface area contributed by atoms with E-state index in [9.17, 15) is 14.1 Å². The second kappa shape index (κ2) is 6.79. The molecular formula is C14H14ClN3O4S. The highest BCUT2D eigenvalue weighted by Crippen LogP contribution is 2.17. The fourth-order valence-electron chi connectivity index (χ4n) is 2.30. The maximum atomic E-state index is 12.4. The van der Waals surface area contributed by atoms with Gasteiger partial charge in [0.1, 0.15) is 6.54 Å². The first-order chi connectivity index (χ1) is 11.1. The number of halogens is 1. The van der Waals surface area contributed by atoms with Gasteiger partial charge in [0.25, 0.3) is 5.82 Å². The Bertz CT molecular complexity index is 765. The Hall–Kier alpha value is -1.74. The molecule has 0 bridgehead atoms. The van der Waals surface area contributed by atoms with Crippen molar-refractivity contribution in [3.05, 3.63) is 45.2 Å². The minimum absolute atomic E-state index is 0.135. The van der Waals surface area contributed by atoms with E-state index in [1.165, 1.54) is 0 Å². The van der Waals surface area contributed by atoms with E-state index in [1.807, 2.05) is 0 Å². The molecule has 0 radical (unpaired) electrons. The highest BCUT2D eigenvalue weighted by molar-refractivity contribution is 7.14. The first kappa shape index (κ1) is 16.1. The molecule has 1 aromatic heterocycles. The predicted octanol–water partition coefficient (Wildman–Crippen LogP) is 1.34. The molecule has 1 aromatic carbocycles. The van der Waals surface area contributed by atoms with E-state index >= 15 is 0 Å². The molecule has 0 spiro atoms. The van der Waals surface area contributed by atoms with Crippen molar-refractivity contribution in [2.75, 3.05) is 31.2 Å². The van der Waals surface area contributed by atoms with Crippen molar-refractivity contribution in [3.63, 3.8) is 0 Å². The number of carbonyl (C=O) groups excluding carboxylic acids is 1. The lowest BCUT2D eigenvalue weighted by atomic mass is 10.1. The quantitative estimate of drug-likeness (QED) is 0.607. The molecule has 0 aliphatic carbocycles. The van der Waals surface area contributed by atoms with Gasteiger partial charge < -0.3 is 14.2 Å².